The van der Waals surface area contributed by atoms with Crippen molar-refractivity contribution in [1.82, 2.24) is 5.32 Å². The molecule has 2 heterocycles. The van der Waals surface area contributed by atoms with Crippen LogP contribution in [0.1, 0.15) is 32.1 Å². The van der Waals surface area contributed by atoms with E-state index in [0.29, 0.717) is 0 Å². The number of alkyl carbamates (subject to hydrolysis) is 1. The van der Waals surface area contributed by atoms with Gasteiger partial charge in [-0.2, -0.15) is 0 Å². The number of nitrogens with one attached hydrogen (secondary N) is 1. The molecular formula is C12H16INO4. The van der Waals surface area contributed by atoms with Gasteiger partial charge in [0.1, 0.15) is 12.2 Å². The molecular weight excluding hydrogens is 349 g/mol. The maximum Gasteiger partial charge on any atom is 0.407 e. The third-order valence-electron chi connectivity index (χ3n) is 4.50. The van der Waals surface area contributed by atoms with Crippen LogP contribution in [-0.4, -0.2) is 40.2 Å². The minimum absolute atomic E-state index is 0.0361. The lowest BCUT2D eigenvalue weighted by Crippen LogP contribution is -2.42. The minimum Gasteiger partial charge on any atom is -0.441 e. The second kappa shape index (κ2) is 3.96. The topological polar surface area (TPSA) is 56.8 Å². The van der Waals surface area contributed by atoms with E-state index in [4.69, 9.17) is 14.2 Å². The summed E-state index contributed by atoms with van der Waals surface area (Å²) in [5.74, 6) is -0.392. The van der Waals surface area contributed by atoms with Crippen molar-refractivity contribution in [1.29, 1.82) is 0 Å². The Hall–Kier alpha value is -0.0800. The molecule has 0 aromatic heterocycles. The maximum atomic E-state index is 11.3. The SMILES string of the molecule is O=C1N[C@@H]2[C@@H](I)[C@@H]3OC4(CCCCC4)O[C@@H]3[C@@H]2O1. The van der Waals surface area contributed by atoms with Crippen molar-refractivity contribution in [3.63, 3.8) is 0 Å². The predicted molar refractivity (Wildman–Crippen MR) is 70.6 cm³/mol. The van der Waals surface area contributed by atoms with Gasteiger partial charge in [0.2, 0.25) is 0 Å². The second-order valence-electron chi connectivity index (χ2n) is 5.62. The molecule has 2 saturated carbocycles. The lowest BCUT2D eigenvalue weighted by atomic mass is 9.94. The van der Waals surface area contributed by atoms with Crippen molar-refractivity contribution in [2.24, 2.45) is 0 Å². The van der Waals surface area contributed by atoms with E-state index in [1.54, 1.807) is 0 Å². The Balaban J connectivity index is 1.58. The predicted octanol–water partition coefficient (Wildman–Crippen LogP) is 1.72. The molecule has 0 aromatic rings. The van der Waals surface area contributed by atoms with E-state index in [9.17, 15) is 4.79 Å². The van der Waals surface area contributed by atoms with E-state index in [-0.39, 0.29) is 34.4 Å². The molecule has 100 valence electrons. The molecule has 0 aromatic carbocycles. The Morgan fingerprint density at radius 2 is 1.83 bits per heavy atom. The molecule has 1 amide bonds. The zero-order valence-corrected chi connectivity index (χ0v) is 12.1. The number of carbonyl (C=O) groups excluding carboxylic acids is 1. The number of fused-ring (bicyclic) bond motifs is 3. The summed E-state index contributed by atoms with van der Waals surface area (Å²) in [6.45, 7) is 0. The standard InChI is InChI=1S/C12H16INO4/c13-6-7-9(16-11(15)14-7)10-8(6)17-12(18-10)4-2-1-3-5-12/h6-10H,1-5H2,(H,14,15)/t6-,7-,8+,9-,10+/m1/s1. The van der Waals surface area contributed by atoms with Crippen molar-refractivity contribution < 1.29 is 19.0 Å². The number of alkyl halides is 1. The van der Waals surface area contributed by atoms with Gasteiger partial charge in [-0.25, -0.2) is 4.79 Å². The number of hydrogen-bond donors (Lipinski definition) is 1. The number of carbonyl (C=O) groups is 1. The molecule has 1 spiro atoms. The highest BCUT2D eigenvalue weighted by Gasteiger charge is 2.64. The molecule has 5 atom stereocenters. The van der Waals surface area contributed by atoms with Gasteiger partial charge in [0.25, 0.3) is 0 Å². The van der Waals surface area contributed by atoms with Crippen LogP contribution in [0.3, 0.4) is 0 Å². The second-order valence-corrected chi connectivity index (χ2v) is 7.06. The number of hydrogen-bond acceptors (Lipinski definition) is 4. The number of halogens is 1. The Labute approximate surface area is 119 Å². The average Bonchev–Trinajstić information content (AvgIpc) is 2.96. The highest BCUT2D eigenvalue weighted by Crippen LogP contribution is 2.49. The van der Waals surface area contributed by atoms with E-state index < -0.39 is 5.79 Å². The molecule has 4 aliphatic rings. The summed E-state index contributed by atoms with van der Waals surface area (Å²) in [6.07, 6.45) is 5.01. The first-order chi connectivity index (χ1) is 8.69. The van der Waals surface area contributed by atoms with E-state index >= 15 is 0 Å². The fraction of sp³-hybridized carbons (Fsp3) is 0.917. The summed E-state index contributed by atoms with van der Waals surface area (Å²) >= 11 is 2.36. The van der Waals surface area contributed by atoms with Crippen LogP contribution in [0.15, 0.2) is 0 Å². The van der Waals surface area contributed by atoms with E-state index in [2.05, 4.69) is 27.9 Å². The van der Waals surface area contributed by atoms with Crippen LogP contribution in [0.2, 0.25) is 0 Å². The molecule has 18 heavy (non-hydrogen) atoms. The summed E-state index contributed by atoms with van der Waals surface area (Å²) < 4.78 is 18.0. The van der Waals surface area contributed by atoms with Crippen LogP contribution in [0.5, 0.6) is 0 Å². The highest BCUT2D eigenvalue weighted by molar-refractivity contribution is 14.1. The van der Waals surface area contributed by atoms with Crippen molar-refractivity contribution in [3.05, 3.63) is 0 Å². The Morgan fingerprint density at radius 3 is 2.61 bits per heavy atom. The van der Waals surface area contributed by atoms with Gasteiger partial charge in [0, 0.05) is 12.8 Å². The molecule has 0 bridgehead atoms. The minimum atomic E-state index is -0.392. The molecule has 1 N–H and O–H groups in total. The Bertz CT molecular complexity index is 384. The summed E-state index contributed by atoms with van der Waals surface area (Å²) in [5.41, 5.74) is 0. The van der Waals surface area contributed by atoms with Crippen molar-refractivity contribution in [2.45, 2.75) is 66.2 Å². The largest absolute Gasteiger partial charge is 0.441 e. The lowest BCUT2D eigenvalue weighted by molar-refractivity contribution is -0.203. The van der Waals surface area contributed by atoms with Crippen LogP contribution in [-0.2, 0) is 14.2 Å². The molecule has 0 unspecified atom stereocenters. The summed E-state index contributed by atoms with van der Waals surface area (Å²) in [7, 11) is 0. The monoisotopic (exact) mass is 365 g/mol. The fourth-order valence-electron chi connectivity index (χ4n) is 3.67. The summed E-state index contributed by atoms with van der Waals surface area (Å²) in [6, 6.07) is 0.0361. The molecule has 2 aliphatic heterocycles. The normalized spacial score (nSPS) is 48.7. The molecule has 5 nitrogen and oxygen atoms in total. The fourth-order valence-corrected chi connectivity index (χ4v) is 4.82. The molecule has 4 rings (SSSR count). The van der Waals surface area contributed by atoms with Gasteiger partial charge in [0.05, 0.1) is 9.97 Å². The van der Waals surface area contributed by atoms with Crippen LogP contribution in [0.4, 0.5) is 4.79 Å². The van der Waals surface area contributed by atoms with E-state index in [1.165, 1.54) is 6.42 Å². The van der Waals surface area contributed by atoms with E-state index in [1.807, 2.05) is 0 Å². The van der Waals surface area contributed by atoms with Crippen LogP contribution in [0, 0.1) is 0 Å². The Kier molecular flexibility index (Phi) is 2.58. The molecule has 4 fully saturated rings. The number of ether oxygens (including phenoxy) is 3. The van der Waals surface area contributed by atoms with Crippen molar-refractivity contribution in [3.8, 4) is 0 Å². The summed E-state index contributed by atoms with van der Waals surface area (Å²) in [5, 5.41) is 2.86. The van der Waals surface area contributed by atoms with Gasteiger partial charge in [-0.3, -0.25) is 0 Å². The molecule has 0 radical (unpaired) electrons. The van der Waals surface area contributed by atoms with Gasteiger partial charge in [-0.15, -0.1) is 0 Å². The third-order valence-corrected chi connectivity index (χ3v) is 5.99. The van der Waals surface area contributed by atoms with Gasteiger partial charge in [-0.1, -0.05) is 29.0 Å². The van der Waals surface area contributed by atoms with Gasteiger partial charge in [0.15, 0.2) is 11.9 Å². The van der Waals surface area contributed by atoms with Crippen LogP contribution >= 0.6 is 22.6 Å². The zero-order chi connectivity index (χ0) is 12.3. The molecule has 2 saturated heterocycles. The molecule has 6 heteroatoms. The lowest BCUT2D eigenvalue weighted by Gasteiger charge is -2.33. The first-order valence-electron chi connectivity index (χ1n) is 6.65. The number of amides is 1. The Morgan fingerprint density at radius 1 is 1.11 bits per heavy atom. The van der Waals surface area contributed by atoms with Gasteiger partial charge >= 0.3 is 6.09 Å². The molecule has 2 aliphatic carbocycles. The quantitative estimate of drug-likeness (QED) is 0.525. The van der Waals surface area contributed by atoms with Gasteiger partial charge in [-0.05, 0) is 12.8 Å². The number of rotatable bonds is 0. The summed E-state index contributed by atoms with van der Waals surface area (Å²) in [4.78, 5) is 11.3. The first kappa shape index (κ1) is 11.7. The van der Waals surface area contributed by atoms with Crippen LogP contribution < -0.4 is 5.32 Å². The highest BCUT2D eigenvalue weighted by atomic mass is 127. The average molecular weight is 365 g/mol. The van der Waals surface area contributed by atoms with E-state index in [0.717, 1.165) is 25.7 Å². The van der Waals surface area contributed by atoms with Crippen molar-refractivity contribution >= 4 is 28.7 Å². The van der Waals surface area contributed by atoms with Crippen LogP contribution in [0.25, 0.3) is 0 Å². The smallest absolute Gasteiger partial charge is 0.407 e. The van der Waals surface area contributed by atoms with Gasteiger partial charge < -0.3 is 19.5 Å². The maximum absolute atomic E-state index is 11.3. The first-order valence-corrected chi connectivity index (χ1v) is 7.90. The zero-order valence-electron chi connectivity index (χ0n) is 9.93. The van der Waals surface area contributed by atoms with Crippen molar-refractivity contribution in [2.75, 3.05) is 0 Å². The third kappa shape index (κ3) is 1.54.